The number of aryl methyl sites for hydroxylation is 2. The van der Waals surface area contributed by atoms with E-state index in [2.05, 4.69) is 9.97 Å². The fraction of sp³-hybridized carbons (Fsp3) is 0.276. The molecule has 0 aliphatic heterocycles. The summed E-state index contributed by atoms with van der Waals surface area (Å²) in [6.45, 7) is 5.90. The fourth-order valence-electron chi connectivity index (χ4n) is 4.59. The molecule has 1 N–H and O–H groups in total. The summed E-state index contributed by atoms with van der Waals surface area (Å²) in [5, 5.41) is 11.4. The van der Waals surface area contributed by atoms with Crippen LogP contribution >= 0.6 is 0 Å². The summed E-state index contributed by atoms with van der Waals surface area (Å²) in [5.41, 5.74) is 2.65. The van der Waals surface area contributed by atoms with Crippen LogP contribution in [-0.2, 0) is 16.3 Å². The molecule has 2 aromatic carbocycles. The minimum absolute atomic E-state index is 0.0854. The van der Waals surface area contributed by atoms with Gasteiger partial charge >= 0.3 is 0 Å². The summed E-state index contributed by atoms with van der Waals surface area (Å²) < 4.78 is 28.9. The third-order valence-corrected chi connectivity index (χ3v) is 8.32. The van der Waals surface area contributed by atoms with Crippen molar-refractivity contribution in [3.8, 4) is 17.0 Å². The van der Waals surface area contributed by atoms with Crippen molar-refractivity contribution in [3.63, 3.8) is 0 Å². The highest BCUT2D eigenvalue weighted by atomic mass is 32.2. The normalized spacial score (nSPS) is 12.4. The Labute approximate surface area is 217 Å². The Morgan fingerprint density at radius 3 is 2.32 bits per heavy atom. The minimum atomic E-state index is -4.35. The van der Waals surface area contributed by atoms with Gasteiger partial charge in [-0.1, -0.05) is 62.7 Å². The summed E-state index contributed by atoms with van der Waals surface area (Å²) in [6.07, 6.45) is 6.05. The molecule has 0 spiro atoms. The second-order valence-electron chi connectivity index (χ2n) is 9.01. The van der Waals surface area contributed by atoms with Crippen LogP contribution in [0.15, 0.2) is 87.6 Å². The number of hydrogen-bond acceptors (Lipinski definition) is 6. The Bertz CT molecular complexity index is 1550. The molecular formula is C29H31N3O4S. The Hall–Kier alpha value is -3.78. The lowest BCUT2D eigenvalue weighted by Crippen LogP contribution is -2.27. The topological polar surface area (TPSA) is 102 Å². The fourth-order valence-corrected chi connectivity index (χ4v) is 5.94. The standard InChI is InChI=1S/C29H31N3O4S/c1-4-6-12-26-31-28(33)27(29(34)32(26)25(5-2)22-10-8-7-9-11-22)37(35,36)23-15-13-21(14-16-23)24-17-18-30-19-20(24)3/h7-11,13-19,25,34H,4-6,12H2,1-3H3/t25-/m0/s1. The molecule has 0 unspecified atom stereocenters. The molecule has 0 amide bonds. The Kier molecular flexibility index (Phi) is 7.88. The van der Waals surface area contributed by atoms with Crippen LogP contribution in [0.1, 0.15) is 56.1 Å². The smallest absolute Gasteiger partial charge is 0.296 e. The molecule has 7 nitrogen and oxygen atoms in total. The van der Waals surface area contributed by atoms with Crippen molar-refractivity contribution in [2.45, 2.75) is 62.3 Å². The lowest BCUT2D eigenvalue weighted by molar-refractivity contribution is 0.358. The Morgan fingerprint density at radius 1 is 1.00 bits per heavy atom. The molecule has 4 aromatic rings. The van der Waals surface area contributed by atoms with E-state index in [4.69, 9.17) is 0 Å². The number of aromatic nitrogens is 3. The number of pyridine rings is 1. The third kappa shape index (κ3) is 5.20. The highest BCUT2D eigenvalue weighted by Crippen LogP contribution is 2.34. The Balaban J connectivity index is 1.86. The maximum Gasteiger partial charge on any atom is 0.296 e. The molecule has 2 heterocycles. The molecule has 0 aliphatic carbocycles. The first-order valence-corrected chi connectivity index (χ1v) is 13.9. The predicted octanol–water partition coefficient (Wildman–Crippen LogP) is 5.49. The van der Waals surface area contributed by atoms with Crippen LogP contribution in [0.25, 0.3) is 11.1 Å². The summed E-state index contributed by atoms with van der Waals surface area (Å²) in [4.78, 5) is 20.6. The minimum Gasteiger partial charge on any atom is -0.493 e. The summed E-state index contributed by atoms with van der Waals surface area (Å²) >= 11 is 0. The van der Waals surface area contributed by atoms with Gasteiger partial charge in [-0.2, -0.15) is 4.98 Å². The van der Waals surface area contributed by atoms with E-state index in [1.165, 1.54) is 16.7 Å². The molecule has 0 fully saturated rings. The maximum atomic E-state index is 13.7. The van der Waals surface area contributed by atoms with Gasteiger partial charge < -0.3 is 5.11 Å². The zero-order valence-electron chi connectivity index (χ0n) is 21.3. The van der Waals surface area contributed by atoms with E-state index in [-0.39, 0.29) is 10.9 Å². The number of rotatable bonds is 9. The first-order valence-electron chi connectivity index (χ1n) is 12.4. The summed E-state index contributed by atoms with van der Waals surface area (Å²) in [7, 11) is -4.35. The highest BCUT2D eigenvalue weighted by molar-refractivity contribution is 7.91. The van der Waals surface area contributed by atoms with Gasteiger partial charge in [0.2, 0.25) is 15.7 Å². The average Bonchev–Trinajstić information content (AvgIpc) is 2.90. The molecule has 0 saturated carbocycles. The van der Waals surface area contributed by atoms with Crippen molar-refractivity contribution in [2.24, 2.45) is 0 Å². The van der Waals surface area contributed by atoms with Gasteiger partial charge in [0.25, 0.3) is 5.56 Å². The molecule has 0 bridgehead atoms. The van der Waals surface area contributed by atoms with Crippen LogP contribution in [-0.4, -0.2) is 28.1 Å². The molecule has 0 saturated heterocycles. The van der Waals surface area contributed by atoms with Gasteiger partial charge in [-0.3, -0.25) is 14.3 Å². The predicted molar refractivity (Wildman–Crippen MR) is 144 cm³/mol. The first-order chi connectivity index (χ1) is 17.8. The zero-order chi connectivity index (χ0) is 26.6. The van der Waals surface area contributed by atoms with Crippen molar-refractivity contribution in [2.75, 3.05) is 0 Å². The highest BCUT2D eigenvalue weighted by Gasteiger charge is 2.31. The largest absolute Gasteiger partial charge is 0.493 e. The Morgan fingerprint density at radius 2 is 1.70 bits per heavy atom. The lowest BCUT2D eigenvalue weighted by Gasteiger charge is -2.25. The molecule has 0 aliphatic rings. The quantitative estimate of drug-likeness (QED) is 0.315. The van der Waals surface area contributed by atoms with Gasteiger partial charge in [-0.15, -0.1) is 0 Å². The maximum absolute atomic E-state index is 13.7. The van der Waals surface area contributed by atoms with Gasteiger partial charge in [0.1, 0.15) is 5.82 Å². The summed E-state index contributed by atoms with van der Waals surface area (Å²) in [5.74, 6) is -0.196. The molecule has 0 radical (unpaired) electrons. The molecule has 8 heteroatoms. The number of sulfone groups is 1. The van der Waals surface area contributed by atoms with Gasteiger partial charge in [0.05, 0.1) is 10.9 Å². The van der Waals surface area contributed by atoms with E-state index in [0.717, 1.165) is 35.1 Å². The van der Waals surface area contributed by atoms with Crippen molar-refractivity contribution < 1.29 is 13.5 Å². The molecule has 37 heavy (non-hydrogen) atoms. The number of hydrogen-bond donors (Lipinski definition) is 1. The van der Waals surface area contributed by atoms with Crippen LogP contribution in [0.2, 0.25) is 0 Å². The van der Waals surface area contributed by atoms with E-state index in [9.17, 15) is 18.3 Å². The molecular weight excluding hydrogens is 486 g/mol. The number of aromatic hydroxyl groups is 1. The zero-order valence-corrected chi connectivity index (χ0v) is 22.1. The van der Waals surface area contributed by atoms with E-state index in [0.29, 0.717) is 18.7 Å². The average molecular weight is 518 g/mol. The number of nitrogens with zero attached hydrogens (tertiary/aromatic N) is 3. The monoisotopic (exact) mass is 517 g/mol. The number of unbranched alkanes of at least 4 members (excludes halogenated alkanes) is 1. The van der Waals surface area contributed by atoms with Crippen LogP contribution in [0, 0.1) is 6.92 Å². The molecule has 2 aromatic heterocycles. The van der Waals surface area contributed by atoms with Crippen molar-refractivity contribution in [1.82, 2.24) is 14.5 Å². The van der Waals surface area contributed by atoms with Gasteiger partial charge in [0.15, 0.2) is 4.90 Å². The van der Waals surface area contributed by atoms with E-state index in [1.807, 2.05) is 57.2 Å². The van der Waals surface area contributed by atoms with Gasteiger partial charge in [0, 0.05) is 18.8 Å². The second-order valence-corrected chi connectivity index (χ2v) is 10.9. The molecule has 4 rings (SSSR count). The SMILES string of the molecule is CCCCc1nc(=O)c(S(=O)(=O)c2ccc(-c3ccncc3C)cc2)c(O)n1[C@@H](CC)c1ccccc1. The van der Waals surface area contributed by atoms with E-state index < -0.39 is 26.2 Å². The van der Waals surface area contributed by atoms with Gasteiger partial charge in [-0.25, -0.2) is 8.42 Å². The van der Waals surface area contributed by atoms with Crippen LogP contribution < -0.4 is 5.56 Å². The van der Waals surface area contributed by atoms with Gasteiger partial charge in [-0.05, 0) is 60.2 Å². The second kappa shape index (κ2) is 11.1. The number of benzene rings is 2. The van der Waals surface area contributed by atoms with Crippen LogP contribution in [0.5, 0.6) is 5.88 Å². The van der Waals surface area contributed by atoms with Crippen molar-refractivity contribution >= 4 is 9.84 Å². The molecule has 192 valence electrons. The van der Waals surface area contributed by atoms with Crippen LogP contribution in [0.4, 0.5) is 0 Å². The molecule has 1 atom stereocenters. The van der Waals surface area contributed by atoms with Crippen molar-refractivity contribution in [1.29, 1.82) is 0 Å². The summed E-state index contributed by atoms with van der Waals surface area (Å²) in [6, 6.07) is 17.3. The first kappa shape index (κ1) is 26.3. The van der Waals surface area contributed by atoms with E-state index in [1.54, 1.807) is 24.5 Å². The third-order valence-electron chi connectivity index (χ3n) is 6.54. The van der Waals surface area contributed by atoms with E-state index >= 15 is 0 Å². The van der Waals surface area contributed by atoms with Crippen molar-refractivity contribution in [3.05, 3.63) is 100 Å². The van der Waals surface area contributed by atoms with Crippen LogP contribution in [0.3, 0.4) is 0 Å². The lowest BCUT2D eigenvalue weighted by atomic mass is 10.0.